The third-order valence-electron chi connectivity index (χ3n) is 13.4. The Balaban J connectivity index is 0.981. The zero-order chi connectivity index (χ0) is 44.3. The fourth-order valence-electron chi connectivity index (χ4n) is 10.2. The number of para-hydroxylation sites is 4. The number of furan rings is 1. The summed E-state index contributed by atoms with van der Waals surface area (Å²) in [5, 5.41) is 7.20. The lowest BCUT2D eigenvalue weighted by Gasteiger charge is -2.29. The molecule has 0 N–H and O–H groups in total. The van der Waals surface area contributed by atoms with Gasteiger partial charge < -0.3 is 13.9 Å². The van der Waals surface area contributed by atoms with Crippen molar-refractivity contribution in [3.8, 4) is 50.2 Å². The van der Waals surface area contributed by atoms with Crippen molar-refractivity contribution >= 4 is 71.6 Å². The summed E-state index contributed by atoms with van der Waals surface area (Å²) in [5.41, 5.74) is 17.8. The average molecular weight is 855 g/mol. The highest BCUT2D eigenvalue weighted by molar-refractivity contribution is 6.10. The van der Waals surface area contributed by atoms with Crippen LogP contribution in [0.1, 0.15) is 0 Å². The van der Waals surface area contributed by atoms with Crippen LogP contribution in [0.15, 0.2) is 259 Å². The van der Waals surface area contributed by atoms with Gasteiger partial charge in [-0.3, -0.25) is 0 Å². The lowest BCUT2D eigenvalue weighted by atomic mass is 9.94. The minimum atomic E-state index is 0.897. The Morgan fingerprint density at radius 3 is 1.60 bits per heavy atom. The molecule has 13 rings (SSSR count). The predicted octanol–water partition coefficient (Wildman–Crippen LogP) is 18.0. The maximum absolute atomic E-state index is 6.19. The van der Waals surface area contributed by atoms with Gasteiger partial charge >= 0.3 is 0 Å². The summed E-state index contributed by atoms with van der Waals surface area (Å²) in [7, 11) is 0. The summed E-state index contributed by atoms with van der Waals surface area (Å²) in [6.07, 6.45) is 0. The van der Waals surface area contributed by atoms with Gasteiger partial charge in [-0.15, -0.1) is 0 Å². The van der Waals surface area contributed by atoms with Crippen LogP contribution in [-0.2, 0) is 0 Å². The van der Waals surface area contributed by atoms with E-state index < -0.39 is 0 Å². The van der Waals surface area contributed by atoms with E-state index in [1.807, 2.05) is 12.1 Å². The van der Waals surface area contributed by atoms with Crippen molar-refractivity contribution in [1.29, 1.82) is 0 Å². The second kappa shape index (κ2) is 16.0. The Labute approximate surface area is 388 Å². The van der Waals surface area contributed by atoms with Gasteiger partial charge in [0.1, 0.15) is 11.2 Å². The number of fused-ring (bicyclic) bond motifs is 7. The van der Waals surface area contributed by atoms with Gasteiger partial charge in [-0.25, -0.2) is 0 Å². The molecule has 2 aromatic heterocycles. The van der Waals surface area contributed by atoms with Crippen molar-refractivity contribution in [2.45, 2.75) is 0 Å². The third-order valence-corrected chi connectivity index (χ3v) is 13.4. The number of hydrogen-bond donors (Lipinski definition) is 0. The van der Waals surface area contributed by atoms with E-state index >= 15 is 0 Å². The van der Waals surface area contributed by atoms with Crippen molar-refractivity contribution in [2.24, 2.45) is 0 Å². The first-order valence-electron chi connectivity index (χ1n) is 22.9. The molecular formula is C64H42N2O. The van der Waals surface area contributed by atoms with Crippen LogP contribution in [-0.4, -0.2) is 4.57 Å². The summed E-state index contributed by atoms with van der Waals surface area (Å²) < 4.78 is 8.61. The van der Waals surface area contributed by atoms with E-state index in [4.69, 9.17) is 4.42 Å². The minimum absolute atomic E-state index is 0.897. The van der Waals surface area contributed by atoms with Gasteiger partial charge in [-0.1, -0.05) is 188 Å². The highest BCUT2D eigenvalue weighted by atomic mass is 16.3. The summed E-state index contributed by atoms with van der Waals surface area (Å²) in [6, 6.07) is 92.1. The van der Waals surface area contributed by atoms with Gasteiger partial charge in [0.25, 0.3) is 0 Å². The molecule has 0 fully saturated rings. The van der Waals surface area contributed by atoms with E-state index in [1.165, 1.54) is 43.7 Å². The Kier molecular flexibility index (Phi) is 9.17. The molecule has 0 amide bonds. The number of anilines is 3. The Morgan fingerprint density at radius 2 is 0.836 bits per heavy atom. The number of rotatable bonds is 8. The molecule has 13 aromatic rings. The van der Waals surface area contributed by atoms with Crippen LogP contribution in [0.25, 0.3) is 105 Å². The smallest absolute Gasteiger partial charge is 0.135 e. The fraction of sp³-hybridized carbons (Fsp3) is 0. The summed E-state index contributed by atoms with van der Waals surface area (Å²) in [4.78, 5) is 2.43. The first-order valence-corrected chi connectivity index (χ1v) is 22.9. The van der Waals surface area contributed by atoms with Gasteiger partial charge in [0.05, 0.1) is 22.4 Å². The first kappa shape index (κ1) is 38.5. The largest absolute Gasteiger partial charge is 0.456 e. The molecule has 0 saturated carbocycles. The van der Waals surface area contributed by atoms with Crippen molar-refractivity contribution in [1.82, 2.24) is 4.57 Å². The predicted molar refractivity (Wildman–Crippen MR) is 282 cm³/mol. The molecule has 11 aromatic carbocycles. The molecule has 0 spiro atoms. The van der Waals surface area contributed by atoms with E-state index in [0.717, 1.165) is 78.1 Å². The number of nitrogens with zero attached hydrogens (tertiary/aromatic N) is 2. The van der Waals surface area contributed by atoms with E-state index in [0.29, 0.717) is 0 Å². The SMILES string of the molecule is c1ccc(-c2ccc(-c3cccc4ccccc34)cc2N(c2ccc(-c3ccc4oc5ccccc5c4c3)cc2)c2ccc(-c3ccccc3-n3c4ccccc4c4ccccc43)cc2)cc1. The van der Waals surface area contributed by atoms with Gasteiger partial charge in [-0.2, -0.15) is 0 Å². The Hall–Kier alpha value is -8.92. The molecule has 0 unspecified atom stereocenters. The number of hydrogen-bond acceptors (Lipinski definition) is 2. The minimum Gasteiger partial charge on any atom is -0.456 e. The lowest BCUT2D eigenvalue weighted by Crippen LogP contribution is -2.11. The third kappa shape index (κ3) is 6.59. The second-order valence-corrected chi connectivity index (χ2v) is 17.2. The van der Waals surface area contributed by atoms with Crippen LogP contribution in [0.4, 0.5) is 17.1 Å². The van der Waals surface area contributed by atoms with Crippen LogP contribution in [0, 0.1) is 0 Å². The molecule has 0 atom stereocenters. The monoisotopic (exact) mass is 854 g/mol. The Morgan fingerprint density at radius 1 is 0.299 bits per heavy atom. The standard InChI is InChI=1S/C64H42N2O/c1-2-15-45(16-3-1)54-39-33-48(52-24-14-18-44-17-4-5-19-51(44)52)42-62(54)65(49-35-29-43(30-36-49)47-34-40-64-58(41-47)57-23-9-13-28-63(57)67-64)50-37-31-46(32-38-50)53-20-6-10-25-59(53)66-60-26-11-7-21-55(60)56-22-8-12-27-61(56)66/h1-42H. The van der Waals surface area contributed by atoms with E-state index in [1.54, 1.807) is 0 Å². The molecule has 0 saturated heterocycles. The topological polar surface area (TPSA) is 21.3 Å². The quantitative estimate of drug-likeness (QED) is 0.152. The van der Waals surface area contributed by atoms with Crippen LogP contribution < -0.4 is 4.90 Å². The molecule has 2 heterocycles. The maximum Gasteiger partial charge on any atom is 0.135 e. The molecular weight excluding hydrogens is 813 g/mol. The normalized spacial score (nSPS) is 11.6. The van der Waals surface area contributed by atoms with Crippen molar-refractivity contribution in [3.63, 3.8) is 0 Å². The van der Waals surface area contributed by atoms with Crippen molar-refractivity contribution < 1.29 is 4.42 Å². The average Bonchev–Trinajstić information content (AvgIpc) is 3.95. The maximum atomic E-state index is 6.19. The van der Waals surface area contributed by atoms with Crippen LogP contribution >= 0.6 is 0 Å². The zero-order valence-corrected chi connectivity index (χ0v) is 36.6. The van der Waals surface area contributed by atoms with E-state index in [9.17, 15) is 0 Å². The molecule has 0 bridgehead atoms. The number of benzene rings is 11. The van der Waals surface area contributed by atoms with Gasteiger partial charge in [0, 0.05) is 44.0 Å². The molecule has 0 aliphatic heterocycles. The van der Waals surface area contributed by atoms with Gasteiger partial charge in [0.15, 0.2) is 0 Å². The summed E-state index contributed by atoms with van der Waals surface area (Å²) >= 11 is 0. The summed E-state index contributed by atoms with van der Waals surface area (Å²) in [5.74, 6) is 0. The van der Waals surface area contributed by atoms with Gasteiger partial charge in [0.2, 0.25) is 0 Å². The zero-order valence-electron chi connectivity index (χ0n) is 36.6. The molecule has 3 heteroatoms. The fourth-order valence-corrected chi connectivity index (χ4v) is 10.2. The van der Waals surface area contributed by atoms with Crippen molar-refractivity contribution in [2.75, 3.05) is 4.90 Å². The number of aromatic nitrogens is 1. The molecule has 0 aliphatic carbocycles. The van der Waals surface area contributed by atoms with E-state index in [-0.39, 0.29) is 0 Å². The molecule has 67 heavy (non-hydrogen) atoms. The molecule has 0 aliphatic rings. The van der Waals surface area contributed by atoms with Crippen LogP contribution in [0.5, 0.6) is 0 Å². The first-order chi connectivity index (χ1) is 33.2. The lowest BCUT2D eigenvalue weighted by molar-refractivity contribution is 0.669. The highest BCUT2D eigenvalue weighted by Gasteiger charge is 2.21. The summed E-state index contributed by atoms with van der Waals surface area (Å²) in [6.45, 7) is 0. The highest BCUT2D eigenvalue weighted by Crippen LogP contribution is 2.45. The van der Waals surface area contributed by atoms with Crippen LogP contribution in [0.2, 0.25) is 0 Å². The molecule has 314 valence electrons. The second-order valence-electron chi connectivity index (χ2n) is 17.2. The van der Waals surface area contributed by atoms with Crippen molar-refractivity contribution in [3.05, 3.63) is 255 Å². The molecule has 0 radical (unpaired) electrons. The molecule has 3 nitrogen and oxygen atoms in total. The Bertz CT molecular complexity index is 3910. The van der Waals surface area contributed by atoms with E-state index in [2.05, 4.69) is 252 Å². The van der Waals surface area contributed by atoms with Gasteiger partial charge in [-0.05, 0) is 111 Å². The van der Waals surface area contributed by atoms with Crippen LogP contribution in [0.3, 0.4) is 0 Å².